The number of carboxylic acid groups (broad SMARTS) is 1. The molecule has 25 heavy (non-hydrogen) atoms. The SMILES string of the molecule is CC(=O)c1ccc(NC(=O)CC([NH2+]Cc2ccc[nH+]c2)C(=O)[O-])cc1. The number of quaternary nitrogens is 1. The van der Waals surface area contributed by atoms with Gasteiger partial charge in [-0.1, -0.05) is 0 Å². The van der Waals surface area contributed by atoms with Crippen LogP contribution in [0.15, 0.2) is 48.8 Å². The molecule has 0 saturated carbocycles. The molecule has 1 atom stereocenters. The second-order valence-corrected chi connectivity index (χ2v) is 5.66. The van der Waals surface area contributed by atoms with Gasteiger partial charge in [-0.2, -0.15) is 0 Å². The molecule has 4 N–H and O–H groups in total. The lowest BCUT2D eigenvalue weighted by atomic mass is 10.1. The van der Waals surface area contributed by atoms with Gasteiger partial charge in [-0.3, -0.25) is 9.59 Å². The molecule has 2 rings (SSSR count). The monoisotopic (exact) mass is 342 g/mol. The summed E-state index contributed by atoms with van der Waals surface area (Å²) in [6.07, 6.45) is 3.30. The Morgan fingerprint density at radius 2 is 1.92 bits per heavy atom. The Balaban J connectivity index is 1.91. The zero-order valence-corrected chi connectivity index (χ0v) is 13.8. The van der Waals surface area contributed by atoms with Gasteiger partial charge in [0.05, 0.1) is 18.0 Å². The molecule has 130 valence electrons. The minimum atomic E-state index is -1.29. The number of benzene rings is 1. The van der Waals surface area contributed by atoms with Crippen molar-refractivity contribution < 1.29 is 29.8 Å². The van der Waals surface area contributed by atoms with E-state index >= 15 is 0 Å². The van der Waals surface area contributed by atoms with Crippen LogP contribution in [0, 0.1) is 0 Å². The van der Waals surface area contributed by atoms with Crippen LogP contribution in [0.5, 0.6) is 0 Å². The molecule has 7 heteroatoms. The van der Waals surface area contributed by atoms with Crippen LogP contribution >= 0.6 is 0 Å². The number of H-pyrrole nitrogens is 1. The fourth-order valence-electron chi connectivity index (χ4n) is 2.30. The summed E-state index contributed by atoms with van der Waals surface area (Å²) in [4.78, 5) is 37.5. The number of aliphatic carboxylic acids is 1. The summed E-state index contributed by atoms with van der Waals surface area (Å²) in [5.41, 5.74) is 1.96. The predicted molar refractivity (Wildman–Crippen MR) is 87.1 cm³/mol. The zero-order chi connectivity index (χ0) is 18.2. The van der Waals surface area contributed by atoms with Gasteiger partial charge in [0.15, 0.2) is 18.2 Å². The normalized spacial score (nSPS) is 11.6. The van der Waals surface area contributed by atoms with E-state index < -0.39 is 17.9 Å². The van der Waals surface area contributed by atoms with Gasteiger partial charge in [-0.05, 0) is 37.3 Å². The number of nitrogens with one attached hydrogen (secondary N) is 2. The van der Waals surface area contributed by atoms with E-state index in [1.807, 2.05) is 12.1 Å². The van der Waals surface area contributed by atoms with Crippen molar-refractivity contribution in [2.75, 3.05) is 5.32 Å². The van der Waals surface area contributed by atoms with Gasteiger partial charge in [0.25, 0.3) is 0 Å². The first-order valence-electron chi connectivity index (χ1n) is 7.85. The number of pyridine rings is 1. The van der Waals surface area contributed by atoms with Gasteiger partial charge in [-0.25, -0.2) is 4.98 Å². The third-order valence-electron chi connectivity index (χ3n) is 3.69. The fraction of sp³-hybridized carbons (Fsp3) is 0.222. The zero-order valence-electron chi connectivity index (χ0n) is 13.8. The van der Waals surface area contributed by atoms with Crippen molar-refractivity contribution in [1.29, 1.82) is 0 Å². The van der Waals surface area contributed by atoms with E-state index in [0.717, 1.165) is 5.56 Å². The van der Waals surface area contributed by atoms with Crippen molar-refractivity contribution in [2.45, 2.75) is 25.9 Å². The Morgan fingerprint density at radius 3 is 2.48 bits per heavy atom. The average molecular weight is 342 g/mol. The molecule has 1 amide bonds. The minimum Gasteiger partial charge on any atom is -0.544 e. The minimum absolute atomic E-state index is 0.0670. The van der Waals surface area contributed by atoms with Crippen molar-refractivity contribution in [2.24, 2.45) is 0 Å². The molecule has 0 fully saturated rings. The number of aromatic amines is 1. The molecule has 1 heterocycles. The number of aromatic nitrogens is 1. The molecule has 0 aliphatic carbocycles. The second-order valence-electron chi connectivity index (χ2n) is 5.66. The van der Waals surface area contributed by atoms with Gasteiger partial charge in [0.2, 0.25) is 5.91 Å². The van der Waals surface area contributed by atoms with Crippen LogP contribution in [-0.4, -0.2) is 23.7 Å². The second kappa shape index (κ2) is 8.70. The molecule has 1 aromatic heterocycles. The third-order valence-corrected chi connectivity index (χ3v) is 3.69. The highest BCUT2D eigenvalue weighted by molar-refractivity contribution is 5.96. The highest BCUT2D eigenvalue weighted by Gasteiger charge is 2.19. The lowest BCUT2D eigenvalue weighted by molar-refractivity contribution is -0.697. The summed E-state index contributed by atoms with van der Waals surface area (Å²) in [6, 6.07) is 9.10. The molecule has 1 unspecified atom stereocenters. The van der Waals surface area contributed by atoms with E-state index in [4.69, 9.17) is 0 Å². The van der Waals surface area contributed by atoms with Crippen LogP contribution in [0.2, 0.25) is 0 Å². The van der Waals surface area contributed by atoms with Gasteiger partial charge >= 0.3 is 0 Å². The Bertz CT molecular complexity index is 745. The first kappa shape index (κ1) is 18.3. The fourth-order valence-corrected chi connectivity index (χ4v) is 2.30. The molecule has 0 aliphatic rings. The number of hydrogen-bond donors (Lipinski definition) is 2. The van der Waals surface area contributed by atoms with Crippen LogP contribution in [0.3, 0.4) is 0 Å². The van der Waals surface area contributed by atoms with Gasteiger partial charge in [-0.15, -0.1) is 0 Å². The topological polar surface area (TPSA) is 117 Å². The lowest BCUT2D eigenvalue weighted by Gasteiger charge is -2.16. The molecule has 0 radical (unpaired) electrons. The number of nitrogens with two attached hydrogens (primary N) is 1. The predicted octanol–water partition coefficient (Wildman–Crippen LogP) is -1.09. The van der Waals surface area contributed by atoms with Crippen molar-refractivity contribution in [3.63, 3.8) is 0 Å². The van der Waals surface area contributed by atoms with Crippen LogP contribution in [-0.2, 0) is 16.1 Å². The number of carbonyl (C=O) groups is 3. The van der Waals surface area contributed by atoms with Gasteiger partial charge in [0, 0.05) is 17.3 Å². The smallest absolute Gasteiger partial charge is 0.230 e. The summed E-state index contributed by atoms with van der Waals surface area (Å²) in [7, 11) is 0. The van der Waals surface area contributed by atoms with E-state index in [1.165, 1.54) is 6.92 Å². The number of Topliss-reactive ketones (excluding diaryl/α,β-unsaturated/α-hetero) is 1. The van der Waals surface area contributed by atoms with Crippen LogP contribution in [0.25, 0.3) is 0 Å². The maximum absolute atomic E-state index is 12.1. The van der Waals surface area contributed by atoms with Crippen molar-refractivity contribution in [3.05, 3.63) is 59.9 Å². The third kappa shape index (κ3) is 5.82. The van der Waals surface area contributed by atoms with Gasteiger partial charge in [0.1, 0.15) is 12.6 Å². The van der Waals surface area contributed by atoms with Crippen molar-refractivity contribution in [3.8, 4) is 0 Å². The molecule has 0 spiro atoms. The standard InChI is InChI=1S/C18H19N3O4/c1-12(22)14-4-6-15(7-5-14)21-17(23)9-16(18(24)25)20-11-13-3-2-8-19-10-13/h2-8,10,16,20H,9,11H2,1H3,(H,21,23)(H,24,25)/p+1. The quantitative estimate of drug-likeness (QED) is 0.593. The molecule has 0 aliphatic heterocycles. The highest BCUT2D eigenvalue weighted by atomic mass is 16.4. The summed E-state index contributed by atoms with van der Waals surface area (Å²) in [5, 5.41) is 15.4. The molecule has 1 aromatic carbocycles. The first-order chi connectivity index (χ1) is 12.0. The average Bonchev–Trinajstić information content (AvgIpc) is 2.59. The maximum atomic E-state index is 12.1. The molecule has 0 bridgehead atoms. The molecule has 0 saturated heterocycles. The van der Waals surface area contributed by atoms with Crippen LogP contribution in [0.1, 0.15) is 29.3 Å². The Labute approximate surface area is 145 Å². The van der Waals surface area contributed by atoms with E-state index in [0.29, 0.717) is 17.8 Å². The molecular formula is C18H20N3O4+. The van der Waals surface area contributed by atoms with E-state index in [9.17, 15) is 19.5 Å². The van der Waals surface area contributed by atoms with Crippen LogP contribution in [0.4, 0.5) is 5.69 Å². The van der Waals surface area contributed by atoms with Crippen molar-refractivity contribution >= 4 is 23.3 Å². The number of carboxylic acids is 1. The Hall–Kier alpha value is -3.06. The Morgan fingerprint density at radius 1 is 1.20 bits per heavy atom. The maximum Gasteiger partial charge on any atom is 0.230 e. The number of hydrogen-bond acceptors (Lipinski definition) is 4. The highest BCUT2D eigenvalue weighted by Crippen LogP contribution is 2.10. The number of anilines is 1. The summed E-state index contributed by atoms with van der Waals surface area (Å²) in [6.45, 7) is 1.87. The molecule has 2 aromatic rings. The number of amides is 1. The largest absolute Gasteiger partial charge is 0.544 e. The lowest BCUT2D eigenvalue weighted by Crippen LogP contribution is -2.92. The van der Waals surface area contributed by atoms with E-state index in [2.05, 4.69) is 10.3 Å². The van der Waals surface area contributed by atoms with E-state index in [1.54, 1.807) is 42.0 Å². The summed E-state index contributed by atoms with van der Waals surface area (Å²) >= 11 is 0. The number of rotatable bonds is 8. The molecule has 7 nitrogen and oxygen atoms in total. The summed E-state index contributed by atoms with van der Waals surface area (Å²) < 4.78 is 0. The number of carbonyl (C=O) groups excluding carboxylic acids is 3. The first-order valence-corrected chi connectivity index (χ1v) is 7.85. The Kier molecular flexibility index (Phi) is 6.36. The van der Waals surface area contributed by atoms with Crippen molar-refractivity contribution in [1.82, 2.24) is 0 Å². The van der Waals surface area contributed by atoms with E-state index in [-0.39, 0.29) is 12.2 Å². The van der Waals surface area contributed by atoms with Crippen LogP contribution < -0.4 is 20.7 Å². The number of ketones is 1. The van der Waals surface area contributed by atoms with Gasteiger partial charge < -0.3 is 20.5 Å². The summed E-state index contributed by atoms with van der Waals surface area (Å²) in [5.74, 6) is -1.79. The molecular weight excluding hydrogens is 322 g/mol.